The summed E-state index contributed by atoms with van der Waals surface area (Å²) in [7, 11) is 0. The van der Waals surface area contributed by atoms with Gasteiger partial charge in [0.05, 0.1) is 24.0 Å². The molecule has 1 saturated heterocycles. The van der Waals surface area contributed by atoms with E-state index in [0.717, 1.165) is 0 Å². The fourth-order valence-corrected chi connectivity index (χ4v) is 2.27. The van der Waals surface area contributed by atoms with Gasteiger partial charge in [-0.05, 0) is 34.8 Å². The Morgan fingerprint density at radius 1 is 1.53 bits per heavy atom. The molecule has 0 atom stereocenters. The Morgan fingerprint density at radius 3 is 2.76 bits per heavy atom. The van der Waals surface area contributed by atoms with Gasteiger partial charge in [-0.1, -0.05) is 0 Å². The highest BCUT2D eigenvalue weighted by Gasteiger charge is 2.34. The highest BCUT2D eigenvalue weighted by molar-refractivity contribution is 9.10. The minimum absolute atomic E-state index is 0.0857. The molecule has 1 aliphatic heterocycles. The maximum Gasteiger partial charge on any atom is 0.256 e. The molecule has 2 heterocycles. The summed E-state index contributed by atoms with van der Waals surface area (Å²) in [6.07, 6.45) is 2.67. The van der Waals surface area contributed by atoms with Crippen LogP contribution < -0.4 is 5.32 Å². The number of rotatable bonds is 3. The van der Waals surface area contributed by atoms with Gasteiger partial charge in [0.15, 0.2) is 4.67 Å². The first-order valence-electron chi connectivity index (χ1n) is 5.41. The van der Waals surface area contributed by atoms with Crippen LogP contribution in [0, 0.1) is 0 Å². The Hall–Kier alpha value is -0.850. The summed E-state index contributed by atoms with van der Waals surface area (Å²) in [5.74, 6) is -0.249. The van der Waals surface area contributed by atoms with Crippen LogP contribution in [0.15, 0.2) is 21.4 Å². The Labute approximate surface area is 107 Å². The topological polar surface area (TPSA) is 71.7 Å². The van der Waals surface area contributed by atoms with Crippen LogP contribution in [0.5, 0.6) is 0 Å². The summed E-state index contributed by atoms with van der Waals surface area (Å²) in [6, 6.07) is 1.59. The van der Waals surface area contributed by atoms with Crippen LogP contribution in [0.1, 0.15) is 23.2 Å². The molecule has 0 aromatic carbocycles. The molecule has 0 unspecified atom stereocenters. The lowest BCUT2D eigenvalue weighted by atomic mass is 9.90. The number of carbonyl (C=O) groups excluding carboxylic acids is 1. The number of hydrogen-bond acceptors (Lipinski definition) is 4. The first-order valence-corrected chi connectivity index (χ1v) is 6.20. The quantitative estimate of drug-likeness (QED) is 0.883. The number of halogens is 1. The van der Waals surface area contributed by atoms with Crippen LogP contribution in [-0.4, -0.2) is 36.4 Å². The summed E-state index contributed by atoms with van der Waals surface area (Å²) in [5.41, 5.74) is -0.143. The normalized spacial score (nSPS) is 18.9. The lowest BCUT2D eigenvalue weighted by Gasteiger charge is -2.36. The molecule has 1 aliphatic rings. The zero-order valence-electron chi connectivity index (χ0n) is 9.24. The minimum atomic E-state index is -0.577. The molecule has 1 amide bonds. The molecule has 1 aromatic heterocycles. The van der Waals surface area contributed by atoms with Crippen molar-refractivity contribution in [1.29, 1.82) is 0 Å². The highest BCUT2D eigenvalue weighted by atomic mass is 79.9. The van der Waals surface area contributed by atoms with Crippen molar-refractivity contribution in [2.75, 3.05) is 19.8 Å². The molecule has 0 bridgehead atoms. The lowest BCUT2D eigenvalue weighted by molar-refractivity contribution is 0.0125. The van der Waals surface area contributed by atoms with Crippen molar-refractivity contribution in [3.63, 3.8) is 0 Å². The van der Waals surface area contributed by atoms with E-state index in [0.29, 0.717) is 36.3 Å². The molecule has 2 N–H and O–H groups in total. The molecular weight excluding hydrogens is 290 g/mol. The first kappa shape index (κ1) is 12.6. The van der Waals surface area contributed by atoms with Crippen molar-refractivity contribution in [2.45, 2.75) is 18.4 Å². The molecule has 0 aliphatic carbocycles. The van der Waals surface area contributed by atoms with Crippen LogP contribution in [0.2, 0.25) is 0 Å². The SMILES string of the molecule is O=C(NC1(CO)CCOCC1)c1ccoc1Br. The van der Waals surface area contributed by atoms with Gasteiger partial charge in [-0.25, -0.2) is 0 Å². The maximum absolute atomic E-state index is 12.0. The highest BCUT2D eigenvalue weighted by Crippen LogP contribution is 2.23. The largest absolute Gasteiger partial charge is 0.457 e. The molecule has 1 fully saturated rings. The van der Waals surface area contributed by atoms with E-state index in [1.165, 1.54) is 6.26 Å². The van der Waals surface area contributed by atoms with Gasteiger partial charge < -0.3 is 19.6 Å². The van der Waals surface area contributed by atoms with Crippen molar-refractivity contribution < 1.29 is 19.1 Å². The third-order valence-electron chi connectivity index (χ3n) is 2.99. The van der Waals surface area contributed by atoms with Crippen molar-refractivity contribution >= 4 is 21.8 Å². The Bertz CT molecular complexity index is 398. The number of furan rings is 1. The van der Waals surface area contributed by atoms with E-state index in [1.807, 2.05) is 0 Å². The van der Waals surface area contributed by atoms with Gasteiger partial charge in [-0.3, -0.25) is 4.79 Å². The second-order valence-electron chi connectivity index (χ2n) is 4.11. The van der Waals surface area contributed by atoms with Gasteiger partial charge in [0.2, 0.25) is 0 Å². The lowest BCUT2D eigenvalue weighted by Crippen LogP contribution is -2.54. The van der Waals surface area contributed by atoms with Gasteiger partial charge in [0, 0.05) is 13.2 Å². The Morgan fingerprint density at radius 2 is 2.24 bits per heavy atom. The van der Waals surface area contributed by atoms with Gasteiger partial charge in [-0.15, -0.1) is 0 Å². The van der Waals surface area contributed by atoms with Gasteiger partial charge in [0.1, 0.15) is 0 Å². The zero-order chi connectivity index (χ0) is 12.3. The fraction of sp³-hybridized carbons (Fsp3) is 0.545. The number of hydrogen-bond donors (Lipinski definition) is 2. The number of carbonyl (C=O) groups is 1. The predicted molar refractivity (Wildman–Crippen MR) is 63.7 cm³/mol. The summed E-state index contributed by atoms with van der Waals surface area (Å²) in [6.45, 7) is 1.01. The predicted octanol–water partition coefficient (Wildman–Crippen LogP) is 1.31. The van der Waals surface area contributed by atoms with Crippen LogP contribution in [0.3, 0.4) is 0 Å². The van der Waals surface area contributed by atoms with Crippen molar-refractivity contribution in [3.05, 3.63) is 22.6 Å². The molecule has 6 heteroatoms. The van der Waals surface area contributed by atoms with Crippen molar-refractivity contribution in [3.8, 4) is 0 Å². The molecule has 2 rings (SSSR count). The summed E-state index contributed by atoms with van der Waals surface area (Å²) >= 11 is 3.16. The zero-order valence-corrected chi connectivity index (χ0v) is 10.8. The number of aliphatic hydroxyl groups is 1. The first-order chi connectivity index (χ1) is 8.17. The van der Waals surface area contributed by atoms with Crippen LogP contribution in [-0.2, 0) is 4.74 Å². The van der Waals surface area contributed by atoms with E-state index in [2.05, 4.69) is 21.2 Å². The van der Waals surface area contributed by atoms with E-state index in [9.17, 15) is 9.90 Å². The summed E-state index contributed by atoms with van der Waals surface area (Å²) in [4.78, 5) is 12.0. The monoisotopic (exact) mass is 303 g/mol. The minimum Gasteiger partial charge on any atom is -0.457 e. The van der Waals surface area contributed by atoms with E-state index in [-0.39, 0.29) is 12.5 Å². The molecule has 0 saturated carbocycles. The second-order valence-corrected chi connectivity index (χ2v) is 4.83. The van der Waals surface area contributed by atoms with Crippen LogP contribution in [0.4, 0.5) is 0 Å². The third kappa shape index (κ3) is 2.70. The van der Waals surface area contributed by atoms with Crippen molar-refractivity contribution in [1.82, 2.24) is 5.32 Å². The Balaban J connectivity index is 2.08. The summed E-state index contributed by atoms with van der Waals surface area (Å²) in [5, 5.41) is 12.3. The van der Waals surface area contributed by atoms with Gasteiger partial charge in [0.25, 0.3) is 5.91 Å². The third-order valence-corrected chi connectivity index (χ3v) is 3.61. The fourth-order valence-electron chi connectivity index (χ4n) is 1.85. The van der Waals surface area contributed by atoms with E-state index >= 15 is 0 Å². The maximum atomic E-state index is 12.0. The molecule has 0 radical (unpaired) electrons. The molecule has 1 aromatic rings. The average Bonchev–Trinajstić information content (AvgIpc) is 2.77. The number of ether oxygens (including phenoxy) is 1. The molecule has 94 valence electrons. The van der Waals surface area contributed by atoms with E-state index in [4.69, 9.17) is 9.15 Å². The summed E-state index contributed by atoms with van der Waals surface area (Å²) < 4.78 is 10.6. The van der Waals surface area contributed by atoms with Crippen molar-refractivity contribution in [2.24, 2.45) is 0 Å². The molecule has 5 nitrogen and oxygen atoms in total. The van der Waals surface area contributed by atoms with Gasteiger partial charge >= 0.3 is 0 Å². The molecule has 0 spiro atoms. The standard InChI is InChI=1S/C11H14BrNO4/c12-9-8(1-4-17-9)10(15)13-11(7-14)2-5-16-6-3-11/h1,4,14H,2-3,5-7H2,(H,13,15). The van der Waals surface area contributed by atoms with Gasteiger partial charge in [-0.2, -0.15) is 0 Å². The second kappa shape index (κ2) is 5.20. The molecule has 17 heavy (non-hydrogen) atoms. The van der Waals surface area contributed by atoms with E-state index < -0.39 is 5.54 Å². The number of amides is 1. The smallest absolute Gasteiger partial charge is 0.256 e. The average molecular weight is 304 g/mol. The number of aliphatic hydroxyl groups excluding tert-OH is 1. The number of nitrogens with one attached hydrogen (secondary N) is 1. The van der Waals surface area contributed by atoms with Crippen LogP contribution in [0.25, 0.3) is 0 Å². The van der Waals surface area contributed by atoms with E-state index in [1.54, 1.807) is 6.07 Å². The van der Waals surface area contributed by atoms with Crippen LogP contribution >= 0.6 is 15.9 Å². The molecular formula is C11H14BrNO4. The Kier molecular flexibility index (Phi) is 3.86.